The summed E-state index contributed by atoms with van der Waals surface area (Å²) in [6, 6.07) is 10.7. The van der Waals surface area contributed by atoms with E-state index in [1.807, 2.05) is 32.3 Å². The molecule has 1 amide bonds. The van der Waals surface area contributed by atoms with E-state index in [2.05, 4.69) is 22.3 Å². The molecule has 4 nitrogen and oxygen atoms in total. The maximum absolute atomic E-state index is 12.3. The zero-order valence-electron chi connectivity index (χ0n) is 13.9. The monoisotopic (exact) mass is 361 g/mol. The van der Waals surface area contributed by atoms with Crippen LogP contribution in [-0.2, 0) is 4.79 Å². The molecule has 3 unspecified atom stereocenters. The van der Waals surface area contributed by atoms with Crippen LogP contribution in [0.15, 0.2) is 30.3 Å². The first-order chi connectivity index (χ1) is 10.1. The maximum Gasteiger partial charge on any atom is 0.223 e. The molecule has 1 saturated carbocycles. The third-order valence-corrected chi connectivity index (χ3v) is 4.36. The van der Waals surface area contributed by atoms with Crippen molar-refractivity contribution in [2.45, 2.75) is 37.8 Å². The lowest BCUT2D eigenvalue weighted by molar-refractivity contribution is -0.126. The van der Waals surface area contributed by atoms with Crippen LogP contribution >= 0.6 is 24.8 Å². The van der Waals surface area contributed by atoms with Gasteiger partial charge in [0, 0.05) is 18.5 Å². The fraction of sp³-hybridized carbons (Fsp3) is 0.588. The molecule has 0 aromatic heterocycles. The summed E-state index contributed by atoms with van der Waals surface area (Å²) in [5.74, 6) is 0.250. The fourth-order valence-corrected chi connectivity index (χ4v) is 3.08. The number of halogens is 2. The highest BCUT2D eigenvalue weighted by molar-refractivity contribution is 5.85. The molecular formula is C17H29Cl2N3O. The number of amides is 1. The standard InChI is InChI=1S/C17H27N3O.2ClH/c1-20(2)16(13-7-4-3-5-8-13)12-19-17(21)14-9-6-10-15(18)11-14;;/h3-5,7-8,14-16H,6,9-12,18H2,1-2H3,(H,19,21);2*1H. The smallest absolute Gasteiger partial charge is 0.223 e. The van der Waals surface area contributed by atoms with Gasteiger partial charge in [-0.25, -0.2) is 0 Å². The average Bonchev–Trinajstić information content (AvgIpc) is 2.48. The molecule has 0 bridgehead atoms. The van der Waals surface area contributed by atoms with E-state index in [4.69, 9.17) is 5.73 Å². The molecule has 1 aliphatic carbocycles. The summed E-state index contributed by atoms with van der Waals surface area (Å²) in [5.41, 5.74) is 7.20. The Morgan fingerprint density at radius 2 is 1.91 bits per heavy atom. The molecule has 0 radical (unpaired) electrons. The molecule has 0 aliphatic heterocycles. The number of benzene rings is 1. The lowest BCUT2D eigenvalue weighted by Gasteiger charge is -2.28. The first-order valence-corrected chi connectivity index (χ1v) is 7.82. The molecule has 132 valence electrons. The average molecular weight is 362 g/mol. The van der Waals surface area contributed by atoms with Gasteiger partial charge in [0.05, 0.1) is 6.04 Å². The zero-order chi connectivity index (χ0) is 15.2. The predicted octanol–water partition coefficient (Wildman–Crippen LogP) is 2.77. The maximum atomic E-state index is 12.3. The van der Waals surface area contributed by atoms with Gasteiger partial charge in [0.15, 0.2) is 0 Å². The van der Waals surface area contributed by atoms with Crippen LogP contribution in [0.3, 0.4) is 0 Å². The van der Waals surface area contributed by atoms with Crippen LogP contribution in [0.25, 0.3) is 0 Å². The quantitative estimate of drug-likeness (QED) is 0.847. The van der Waals surface area contributed by atoms with E-state index in [-0.39, 0.29) is 48.7 Å². The molecule has 23 heavy (non-hydrogen) atoms. The van der Waals surface area contributed by atoms with Gasteiger partial charge in [0.2, 0.25) is 5.91 Å². The lowest BCUT2D eigenvalue weighted by atomic mass is 9.85. The molecule has 3 N–H and O–H groups in total. The topological polar surface area (TPSA) is 58.4 Å². The van der Waals surface area contributed by atoms with Crippen molar-refractivity contribution in [1.82, 2.24) is 10.2 Å². The predicted molar refractivity (Wildman–Crippen MR) is 100 cm³/mol. The van der Waals surface area contributed by atoms with Gasteiger partial charge in [-0.15, -0.1) is 24.8 Å². The van der Waals surface area contributed by atoms with Crippen molar-refractivity contribution < 1.29 is 4.79 Å². The van der Waals surface area contributed by atoms with Crippen molar-refractivity contribution in [3.8, 4) is 0 Å². The minimum Gasteiger partial charge on any atom is -0.354 e. The number of nitrogens with two attached hydrogens (primary N) is 1. The second-order valence-corrected chi connectivity index (χ2v) is 6.26. The number of hydrogen-bond donors (Lipinski definition) is 2. The van der Waals surface area contributed by atoms with Crippen LogP contribution < -0.4 is 11.1 Å². The van der Waals surface area contributed by atoms with Gasteiger partial charge in [0.25, 0.3) is 0 Å². The second kappa shape index (κ2) is 10.9. The normalized spacial score (nSPS) is 21.7. The highest BCUT2D eigenvalue weighted by Crippen LogP contribution is 2.23. The molecule has 3 atom stereocenters. The Morgan fingerprint density at radius 3 is 2.48 bits per heavy atom. The Balaban J connectivity index is 0.00000242. The van der Waals surface area contributed by atoms with Crippen molar-refractivity contribution in [2.24, 2.45) is 11.7 Å². The Kier molecular flexibility index (Phi) is 10.5. The van der Waals surface area contributed by atoms with Crippen LogP contribution in [0.5, 0.6) is 0 Å². The van der Waals surface area contributed by atoms with E-state index in [1.165, 1.54) is 5.56 Å². The molecule has 0 spiro atoms. The minimum absolute atomic E-state index is 0. The SMILES string of the molecule is CN(C)C(CNC(=O)C1CCCC(N)C1)c1ccccc1.Cl.Cl. The molecule has 6 heteroatoms. The number of rotatable bonds is 5. The number of carbonyl (C=O) groups excluding carboxylic acids is 1. The van der Waals surface area contributed by atoms with Crippen molar-refractivity contribution in [3.63, 3.8) is 0 Å². The zero-order valence-corrected chi connectivity index (χ0v) is 15.5. The number of hydrogen-bond acceptors (Lipinski definition) is 3. The molecule has 1 aliphatic rings. The molecule has 0 heterocycles. The Bertz CT molecular complexity index is 456. The summed E-state index contributed by atoms with van der Waals surface area (Å²) in [7, 11) is 4.08. The van der Waals surface area contributed by atoms with Crippen molar-refractivity contribution in [1.29, 1.82) is 0 Å². The molecule has 1 fully saturated rings. The van der Waals surface area contributed by atoms with E-state index in [0.717, 1.165) is 25.7 Å². The first-order valence-electron chi connectivity index (χ1n) is 7.82. The van der Waals surface area contributed by atoms with Gasteiger partial charge in [0.1, 0.15) is 0 Å². The number of nitrogens with one attached hydrogen (secondary N) is 1. The third kappa shape index (κ3) is 6.68. The van der Waals surface area contributed by atoms with E-state index in [0.29, 0.717) is 6.54 Å². The van der Waals surface area contributed by atoms with E-state index < -0.39 is 0 Å². The Labute approximate surface area is 152 Å². The summed E-state index contributed by atoms with van der Waals surface area (Å²) >= 11 is 0. The number of likely N-dealkylation sites (N-methyl/N-ethyl adjacent to an activating group) is 1. The summed E-state index contributed by atoms with van der Waals surface area (Å²) in [6.07, 6.45) is 3.91. The molecule has 0 saturated heterocycles. The molecular weight excluding hydrogens is 333 g/mol. The first kappa shape index (κ1) is 22.2. The third-order valence-electron chi connectivity index (χ3n) is 4.36. The summed E-state index contributed by atoms with van der Waals surface area (Å²) in [6.45, 7) is 0.640. The summed E-state index contributed by atoms with van der Waals surface area (Å²) in [5, 5.41) is 3.12. The fourth-order valence-electron chi connectivity index (χ4n) is 3.08. The van der Waals surface area contributed by atoms with Gasteiger partial charge in [-0.1, -0.05) is 36.8 Å². The largest absolute Gasteiger partial charge is 0.354 e. The highest BCUT2D eigenvalue weighted by atomic mass is 35.5. The van der Waals surface area contributed by atoms with Crippen molar-refractivity contribution in [3.05, 3.63) is 35.9 Å². The van der Waals surface area contributed by atoms with Gasteiger partial charge < -0.3 is 16.0 Å². The van der Waals surface area contributed by atoms with Crippen LogP contribution in [0.1, 0.15) is 37.3 Å². The Morgan fingerprint density at radius 1 is 1.26 bits per heavy atom. The molecule has 1 aromatic rings. The van der Waals surface area contributed by atoms with Gasteiger partial charge in [-0.05, 0) is 38.9 Å². The summed E-state index contributed by atoms with van der Waals surface area (Å²) < 4.78 is 0. The van der Waals surface area contributed by atoms with Crippen LogP contribution in [0.4, 0.5) is 0 Å². The van der Waals surface area contributed by atoms with Crippen molar-refractivity contribution in [2.75, 3.05) is 20.6 Å². The molecule has 2 rings (SSSR count). The van der Waals surface area contributed by atoms with E-state index >= 15 is 0 Å². The number of carbonyl (C=O) groups is 1. The van der Waals surface area contributed by atoms with E-state index in [1.54, 1.807) is 0 Å². The van der Waals surface area contributed by atoms with Gasteiger partial charge >= 0.3 is 0 Å². The Hall–Kier alpha value is -0.810. The second-order valence-electron chi connectivity index (χ2n) is 6.26. The summed E-state index contributed by atoms with van der Waals surface area (Å²) in [4.78, 5) is 14.5. The van der Waals surface area contributed by atoms with Crippen molar-refractivity contribution >= 4 is 30.7 Å². The van der Waals surface area contributed by atoms with Gasteiger partial charge in [-0.3, -0.25) is 4.79 Å². The van der Waals surface area contributed by atoms with Crippen LogP contribution in [-0.4, -0.2) is 37.5 Å². The molecule has 1 aromatic carbocycles. The van der Waals surface area contributed by atoms with Crippen LogP contribution in [0.2, 0.25) is 0 Å². The minimum atomic E-state index is 0. The highest BCUT2D eigenvalue weighted by Gasteiger charge is 2.26. The van der Waals surface area contributed by atoms with Gasteiger partial charge in [-0.2, -0.15) is 0 Å². The lowest BCUT2D eigenvalue weighted by Crippen LogP contribution is -2.41. The van der Waals surface area contributed by atoms with Crippen LogP contribution in [0, 0.1) is 5.92 Å². The number of nitrogens with zero attached hydrogens (tertiary/aromatic N) is 1. The van der Waals surface area contributed by atoms with E-state index in [9.17, 15) is 4.79 Å².